The van der Waals surface area contributed by atoms with Crippen molar-refractivity contribution in [1.29, 1.82) is 0 Å². The van der Waals surface area contributed by atoms with Gasteiger partial charge in [0.25, 0.3) is 0 Å². The van der Waals surface area contributed by atoms with E-state index in [0.29, 0.717) is 13.0 Å². The Morgan fingerprint density at radius 2 is 2.35 bits per heavy atom. The summed E-state index contributed by atoms with van der Waals surface area (Å²) in [6, 6.07) is 0.230. The molecule has 0 aliphatic carbocycles. The number of carbonyl (C=O) groups excluding carboxylic acids is 1. The van der Waals surface area contributed by atoms with Gasteiger partial charge in [0.1, 0.15) is 5.82 Å². The van der Waals surface area contributed by atoms with Gasteiger partial charge >= 0.3 is 0 Å². The first-order valence-corrected chi connectivity index (χ1v) is 6.09. The predicted octanol–water partition coefficient (Wildman–Crippen LogP) is 0.467. The van der Waals surface area contributed by atoms with Crippen LogP contribution >= 0.6 is 0 Å². The molecule has 1 aromatic rings. The summed E-state index contributed by atoms with van der Waals surface area (Å²) in [5, 5.41) is 6.12. The molecule has 5 nitrogen and oxygen atoms in total. The van der Waals surface area contributed by atoms with E-state index in [2.05, 4.69) is 15.6 Å². The Labute approximate surface area is 103 Å². The summed E-state index contributed by atoms with van der Waals surface area (Å²) >= 11 is 0. The van der Waals surface area contributed by atoms with Crippen molar-refractivity contribution in [1.82, 2.24) is 20.2 Å². The number of aromatic nitrogens is 2. The van der Waals surface area contributed by atoms with Gasteiger partial charge in [0.2, 0.25) is 5.91 Å². The fourth-order valence-electron chi connectivity index (χ4n) is 1.72. The zero-order valence-corrected chi connectivity index (χ0v) is 10.9. The van der Waals surface area contributed by atoms with Crippen molar-refractivity contribution in [2.45, 2.75) is 32.7 Å². The van der Waals surface area contributed by atoms with Crippen molar-refractivity contribution in [2.24, 2.45) is 7.05 Å². The minimum absolute atomic E-state index is 0.0904. The van der Waals surface area contributed by atoms with E-state index in [1.165, 1.54) is 0 Å². The van der Waals surface area contributed by atoms with Gasteiger partial charge in [-0.25, -0.2) is 4.98 Å². The standard InChI is InChI=1S/C12H22N4O/c1-4-13-10(2)9-12(17)15-6-5-11-14-7-8-16(11)3/h7-8,10,13H,4-6,9H2,1-3H3,(H,15,17). The maximum Gasteiger partial charge on any atom is 0.221 e. The Balaban J connectivity index is 2.18. The number of imidazole rings is 1. The fourth-order valence-corrected chi connectivity index (χ4v) is 1.72. The molecular formula is C12H22N4O. The molecule has 0 radical (unpaired) electrons. The molecule has 0 bridgehead atoms. The average molecular weight is 238 g/mol. The molecule has 5 heteroatoms. The number of amides is 1. The van der Waals surface area contributed by atoms with Gasteiger partial charge in [-0.05, 0) is 13.5 Å². The number of nitrogens with zero attached hydrogens (tertiary/aromatic N) is 2. The number of hydrogen-bond donors (Lipinski definition) is 2. The molecule has 0 spiro atoms. The second kappa shape index (κ2) is 7.06. The van der Waals surface area contributed by atoms with Crippen LogP contribution in [-0.2, 0) is 18.3 Å². The van der Waals surface area contributed by atoms with Gasteiger partial charge in [-0.15, -0.1) is 0 Å². The number of hydrogen-bond acceptors (Lipinski definition) is 3. The van der Waals surface area contributed by atoms with E-state index in [-0.39, 0.29) is 11.9 Å². The van der Waals surface area contributed by atoms with E-state index in [1.54, 1.807) is 6.20 Å². The first-order chi connectivity index (χ1) is 8.13. The normalized spacial score (nSPS) is 12.4. The molecule has 1 aromatic heterocycles. The monoisotopic (exact) mass is 238 g/mol. The third kappa shape index (κ3) is 4.99. The lowest BCUT2D eigenvalue weighted by Crippen LogP contribution is -2.34. The molecule has 1 heterocycles. The van der Waals surface area contributed by atoms with E-state index in [4.69, 9.17) is 0 Å². The number of rotatable bonds is 7. The van der Waals surface area contributed by atoms with Crippen LogP contribution in [0.25, 0.3) is 0 Å². The molecule has 1 rings (SSSR count). The molecular weight excluding hydrogens is 216 g/mol. The van der Waals surface area contributed by atoms with Gasteiger partial charge in [-0.1, -0.05) is 6.92 Å². The highest BCUT2D eigenvalue weighted by Gasteiger charge is 2.07. The minimum Gasteiger partial charge on any atom is -0.356 e. The third-order valence-corrected chi connectivity index (χ3v) is 2.64. The molecule has 2 N–H and O–H groups in total. The second-order valence-corrected chi connectivity index (χ2v) is 4.22. The fraction of sp³-hybridized carbons (Fsp3) is 0.667. The third-order valence-electron chi connectivity index (χ3n) is 2.64. The van der Waals surface area contributed by atoms with Crippen molar-refractivity contribution in [3.63, 3.8) is 0 Å². The molecule has 1 amide bonds. The van der Waals surface area contributed by atoms with E-state index in [0.717, 1.165) is 18.8 Å². The van der Waals surface area contributed by atoms with E-state index >= 15 is 0 Å². The van der Waals surface area contributed by atoms with Gasteiger partial charge in [0.05, 0.1) is 0 Å². The van der Waals surface area contributed by atoms with Crippen LogP contribution in [0.4, 0.5) is 0 Å². The smallest absolute Gasteiger partial charge is 0.221 e. The molecule has 1 atom stereocenters. The van der Waals surface area contributed by atoms with Crippen molar-refractivity contribution >= 4 is 5.91 Å². The van der Waals surface area contributed by atoms with Crippen molar-refractivity contribution in [3.05, 3.63) is 18.2 Å². The average Bonchev–Trinajstić information content (AvgIpc) is 2.64. The molecule has 96 valence electrons. The molecule has 0 aliphatic heterocycles. The van der Waals surface area contributed by atoms with Crippen molar-refractivity contribution in [2.75, 3.05) is 13.1 Å². The van der Waals surface area contributed by atoms with Gasteiger partial charge in [0, 0.05) is 44.9 Å². The molecule has 1 unspecified atom stereocenters. The van der Waals surface area contributed by atoms with Crippen LogP contribution in [-0.4, -0.2) is 34.6 Å². The Morgan fingerprint density at radius 3 is 2.94 bits per heavy atom. The highest BCUT2D eigenvalue weighted by molar-refractivity contribution is 5.76. The van der Waals surface area contributed by atoms with Crippen molar-refractivity contribution < 1.29 is 4.79 Å². The summed E-state index contributed by atoms with van der Waals surface area (Å²) in [7, 11) is 1.96. The first-order valence-electron chi connectivity index (χ1n) is 6.09. The molecule has 0 fully saturated rings. The van der Waals surface area contributed by atoms with Crippen LogP contribution in [0.2, 0.25) is 0 Å². The quantitative estimate of drug-likeness (QED) is 0.726. The van der Waals surface area contributed by atoms with Gasteiger partial charge in [-0.3, -0.25) is 4.79 Å². The van der Waals surface area contributed by atoms with Gasteiger partial charge in [-0.2, -0.15) is 0 Å². The Kier molecular flexibility index (Phi) is 5.69. The van der Waals surface area contributed by atoms with E-state index in [1.807, 2.05) is 31.7 Å². The van der Waals surface area contributed by atoms with E-state index in [9.17, 15) is 4.79 Å². The second-order valence-electron chi connectivity index (χ2n) is 4.22. The van der Waals surface area contributed by atoms with Crippen LogP contribution in [0.3, 0.4) is 0 Å². The summed E-state index contributed by atoms with van der Waals surface area (Å²) < 4.78 is 1.97. The predicted molar refractivity (Wildman–Crippen MR) is 67.7 cm³/mol. The number of nitrogens with one attached hydrogen (secondary N) is 2. The number of carbonyl (C=O) groups is 1. The summed E-state index contributed by atoms with van der Waals surface area (Å²) in [5.74, 6) is 1.08. The Bertz CT molecular complexity index is 348. The molecule has 0 aromatic carbocycles. The largest absolute Gasteiger partial charge is 0.356 e. The van der Waals surface area contributed by atoms with Crippen LogP contribution in [0.15, 0.2) is 12.4 Å². The zero-order chi connectivity index (χ0) is 12.7. The maximum atomic E-state index is 11.6. The lowest BCUT2D eigenvalue weighted by atomic mass is 10.2. The summed E-state index contributed by atoms with van der Waals surface area (Å²) in [6.45, 7) is 5.58. The van der Waals surface area contributed by atoms with Crippen LogP contribution in [0.1, 0.15) is 26.1 Å². The summed E-state index contributed by atoms with van der Waals surface area (Å²) in [6.07, 6.45) is 4.97. The SMILES string of the molecule is CCNC(C)CC(=O)NCCc1nccn1C. The Hall–Kier alpha value is -1.36. The highest BCUT2D eigenvalue weighted by Crippen LogP contribution is 1.95. The van der Waals surface area contributed by atoms with E-state index < -0.39 is 0 Å². The van der Waals surface area contributed by atoms with Crippen LogP contribution in [0.5, 0.6) is 0 Å². The zero-order valence-electron chi connectivity index (χ0n) is 10.9. The number of aryl methyl sites for hydroxylation is 1. The van der Waals surface area contributed by atoms with Crippen LogP contribution in [0, 0.1) is 0 Å². The van der Waals surface area contributed by atoms with Gasteiger partial charge < -0.3 is 15.2 Å². The molecule has 0 saturated heterocycles. The molecule has 17 heavy (non-hydrogen) atoms. The maximum absolute atomic E-state index is 11.6. The minimum atomic E-state index is 0.0904. The Morgan fingerprint density at radius 1 is 1.59 bits per heavy atom. The van der Waals surface area contributed by atoms with Crippen molar-refractivity contribution in [3.8, 4) is 0 Å². The highest BCUT2D eigenvalue weighted by atomic mass is 16.1. The lowest BCUT2D eigenvalue weighted by Gasteiger charge is -2.12. The summed E-state index contributed by atoms with van der Waals surface area (Å²) in [4.78, 5) is 15.8. The summed E-state index contributed by atoms with van der Waals surface area (Å²) in [5.41, 5.74) is 0. The molecule has 0 aliphatic rings. The first kappa shape index (κ1) is 13.7. The molecule has 0 saturated carbocycles. The van der Waals surface area contributed by atoms with Crippen LogP contribution < -0.4 is 10.6 Å². The lowest BCUT2D eigenvalue weighted by molar-refractivity contribution is -0.121. The topological polar surface area (TPSA) is 59.0 Å². The van der Waals surface area contributed by atoms with Gasteiger partial charge in [0.15, 0.2) is 0 Å².